The largest absolute Gasteiger partial charge is 0.486 e. The molecule has 0 spiro atoms. The number of Topliss-reactive ketones (excluding diaryl/α,β-unsaturated/α-hetero) is 1. The minimum Gasteiger partial charge on any atom is -0.486 e. The number of amides is 1. The SMILES string of the molecule is CC(=O)c1ccc(N2CC[NH+](CC(=O)N[C@H](C)c3ccc4c(c3)OCCO4)CC2)cc1. The second-order valence-corrected chi connectivity index (χ2v) is 8.21. The molecule has 1 fully saturated rings. The number of rotatable bonds is 6. The lowest BCUT2D eigenvalue weighted by Gasteiger charge is -2.33. The van der Waals surface area contributed by atoms with Crippen molar-refractivity contribution in [3.8, 4) is 11.5 Å². The third-order valence-electron chi connectivity index (χ3n) is 5.96. The van der Waals surface area contributed by atoms with E-state index < -0.39 is 0 Å². The summed E-state index contributed by atoms with van der Waals surface area (Å²) >= 11 is 0. The van der Waals surface area contributed by atoms with E-state index in [0.29, 0.717) is 19.8 Å². The fraction of sp³-hybridized carbons (Fsp3) is 0.417. The number of hydrogen-bond donors (Lipinski definition) is 2. The third-order valence-corrected chi connectivity index (χ3v) is 5.96. The molecule has 164 valence electrons. The monoisotopic (exact) mass is 424 g/mol. The summed E-state index contributed by atoms with van der Waals surface area (Å²) in [6.07, 6.45) is 0. The van der Waals surface area contributed by atoms with Crippen molar-refractivity contribution in [1.29, 1.82) is 0 Å². The van der Waals surface area contributed by atoms with E-state index in [1.807, 2.05) is 49.4 Å². The molecule has 0 aromatic heterocycles. The maximum absolute atomic E-state index is 12.6. The van der Waals surface area contributed by atoms with Gasteiger partial charge in [-0.1, -0.05) is 6.07 Å². The fourth-order valence-corrected chi connectivity index (χ4v) is 4.10. The summed E-state index contributed by atoms with van der Waals surface area (Å²) in [5, 5.41) is 3.11. The van der Waals surface area contributed by atoms with Crippen molar-refractivity contribution in [2.45, 2.75) is 19.9 Å². The first kappa shape index (κ1) is 21.2. The van der Waals surface area contributed by atoms with Gasteiger partial charge in [-0.3, -0.25) is 9.59 Å². The van der Waals surface area contributed by atoms with Crippen LogP contribution in [-0.4, -0.2) is 57.6 Å². The number of ketones is 1. The van der Waals surface area contributed by atoms with E-state index in [9.17, 15) is 9.59 Å². The lowest BCUT2D eigenvalue weighted by atomic mass is 10.1. The Hall–Kier alpha value is -3.06. The van der Waals surface area contributed by atoms with Crippen molar-refractivity contribution in [2.75, 3.05) is 50.8 Å². The molecule has 0 unspecified atom stereocenters. The quantitative estimate of drug-likeness (QED) is 0.683. The third kappa shape index (κ3) is 5.17. The van der Waals surface area contributed by atoms with Crippen LogP contribution >= 0.6 is 0 Å². The molecule has 2 aromatic carbocycles. The number of anilines is 1. The molecule has 0 aliphatic carbocycles. The molecule has 0 radical (unpaired) electrons. The molecule has 0 saturated carbocycles. The van der Waals surface area contributed by atoms with Crippen LogP contribution in [0.25, 0.3) is 0 Å². The van der Waals surface area contributed by atoms with Crippen LogP contribution < -0.4 is 24.6 Å². The molecule has 1 saturated heterocycles. The highest BCUT2D eigenvalue weighted by atomic mass is 16.6. The first-order valence-electron chi connectivity index (χ1n) is 10.9. The number of quaternary nitrogens is 1. The Bertz CT molecular complexity index is 936. The van der Waals surface area contributed by atoms with Crippen LogP contribution in [0.3, 0.4) is 0 Å². The molecule has 2 aliphatic rings. The topological polar surface area (TPSA) is 72.3 Å². The zero-order valence-corrected chi connectivity index (χ0v) is 18.1. The van der Waals surface area contributed by atoms with Gasteiger partial charge in [-0.2, -0.15) is 0 Å². The predicted octanol–water partition coefficient (Wildman–Crippen LogP) is 1.24. The first-order valence-corrected chi connectivity index (χ1v) is 10.9. The van der Waals surface area contributed by atoms with Crippen LogP contribution in [0.5, 0.6) is 11.5 Å². The number of nitrogens with one attached hydrogen (secondary N) is 2. The summed E-state index contributed by atoms with van der Waals surface area (Å²) in [5.74, 6) is 1.63. The molecular formula is C24H30N3O4+. The van der Waals surface area contributed by atoms with Gasteiger partial charge in [-0.05, 0) is 55.8 Å². The van der Waals surface area contributed by atoms with Crippen molar-refractivity contribution in [3.05, 3.63) is 53.6 Å². The zero-order chi connectivity index (χ0) is 21.8. The highest BCUT2D eigenvalue weighted by molar-refractivity contribution is 5.94. The van der Waals surface area contributed by atoms with Gasteiger partial charge in [0.15, 0.2) is 23.8 Å². The molecule has 2 N–H and O–H groups in total. The molecule has 2 aliphatic heterocycles. The highest BCUT2D eigenvalue weighted by Gasteiger charge is 2.23. The molecule has 4 rings (SSSR count). The molecule has 0 bridgehead atoms. The fourth-order valence-electron chi connectivity index (χ4n) is 4.10. The van der Waals surface area contributed by atoms with Gasteiger partial charge in [0, 0.05) is 11.3 Å². The Balaban J connectivity index is 1.25. The van der Waals surface area contributed by atoms with E-state index in [4.69, 9.17) is 9.47 Å². The van der Waals surface area contributed by atoms with Gasteiger partial charge in [-0.25, -0.2) is 0 Å². The molecule has 2 aromatic rings. The number of benzene rings is 2. The number of hydrogen-bond acceptors (Lipinski definition) is 5. The van der Waals surface area contributed by atoms with Crippen LogP contribution in [0.2, 0.25) is 0 Å². The molecule has 31 heavy (non-hydrogen) atoms. The van der Waals surface area contributed by atoms with E-state index >= 15 is 0 Å². The molecule has 2 heterocycles. The molecule has 7 nitrogen and oxygen atoms in total. The summed E-state index contributed by atoms with van der Waals surface area (Å²) in [6, 6.07) is 13.5. The van der Waals surface area contributed by atoms with Crippen molar-refractivity contribution >= 4 is 17.4 Å². The first-order chi connectivity index (χ1) is 15.0. The number of ether oxygens (including phenoxy) is 2. The molecule has 7 heteroatoms. The predicted molar refractivity (Wildman–Crippen MR) is 118 cm³/mol. The van der Waals surface area contributed by atoms with Crippen molar-refractivity contribution in [2.24, 2.45) is 0 Å². The van der Waals surface area contributed by atoms with Gasteiger partial charge >= 0.3 is 0 Å². The normalized spacial score (nSPS) is 17.2. The van der Waals surface area contributed by atoms with Crippen molar-refractivity contribution in [1.82, 2.24) is 5.32 Å². The van der Waals surface area contributed by atoms with Crippen molar-refractivity contribution in [3.63, 3.8) is 0 Å². The second kappa shape index (κ2) is 9.39. The summed E-state index contributed by atoms with van der Waals surface area (Å²) in [5.41, 5.74) is 2.86. The molecule has 1 amide bonds. The van der Waals surface area contributed by atoms with E-state index in [1.165, 1.54) is 4.90 Å². The second-order valence-electron chi connectivity index (χ2n) is 8.21. The van der Waals surface area contributed by atoms with Crippen LogP contribution in [0.15, 0.2) is 42.5 Å². The minimum absolute atomic E-state index is 0.0525. The number of fused-ring (bicyclic) bond motifs is 1. The Labute approximate surface area is 182 Å². The average molecular weight is 425 g/mol. The highest BCUT2D eigenvalue weighted by Crippen LogP contribution is 2.32. The Morgan fingerprint density at radius 3 is 2.39 bits per heavy atom. The van der Waals surface area contributed by atoms with E-state index in [1.54, 1.807) is 6.92 Å². The number of carbonyl (C=O) groups excluding carboxylic acids is 2. The van der Waals surface area contributed by atoms with E-state index in [0.717, 1.165) is 54.5 Å². The Morgan fingerprint density at radius 1 is 1.03 bits per heavy atom. The lowest BCUT2D eigenvalue weighted by molar-refractivity contribution is -0.892. The van der Waals surface area contributed by atoms with Gasteiger partial charge in [0.1, 0.15) is 13.2 Å². The maximum atomic E-state index is 12.6. The van der Waals surface area contributed by atoms with Crippen LogP contribution in [-0.2, 0) is 4.79 Å². The van der Waals surface area contributed by atoms with Gasteiger partial charge in [0.05, 0.1) is 32.2 Å². The van der Waals surface area contributed by atoms with Crippen molar-refractivity contribution < 1.29 is 24.0 Å². The van der Waals surface area contributed by atoms with Gasteiger partial charge in [0.2, 0.25) is 0 Å². The van der Waals surface area contributed by atoms with Crippen LogP contribution in [0.1, 0.15) is 35.8 Å². The zero-order valence-electron chi connectivity index (χ0n) is 18.1. The number of piperazine rings is 1. The average Bonchev–Trinajstić information content (AvgIpc) is 2.79. The Kier molecular flexibility index (Phi) is 6.42. The van der Waals surface area contributed by atoms with Crippen LogP contribution in [0, 0.1) is 0 Å². The summed E-state index contributed by atoms with van der Waals surface area (Å²) in [7, 11) is 0. The summed E-state index contributed by atoms with van der Waals surface area (Å²) < 4.78 is 11.2. The van der Waals surface area contributed by atoms with Gasteiger partial charge in [0.25, 0.3) is 5.91 Å². The standard InChI is InChI=1S/C24H29N3O4/c1-17(20-5-8-22-23(15-20)31-14-13-30-22)25-24(29)16-26-9-11-27(12-10-26)21-6-3-19(4-7-21)18(2)28/h3-8,15,17H,9-14,16H2,1-2H3,(H,25,29)/p+1/t17-/m1/s1. The van der Waals surface area contributed by atoms with Gasteiger partial charge < -0.3 is 24.6 Å². The number of carbonyl (C=O) groups is 2. The Morgan fingerprint density at radius 2 is 1.71 bits per heavy atom. The summed E-state index contributed by atoms with van der Waals surface area (Å²) in [4.78, 5) is 27.6. The van der Waals surface area contributed by atoms with E-state index in [2.05, 4.69) is 10.2 Å². The number of nitrogens with zero attached hydrogens (tertiary/aromatic N) is 1. The van der Waals surface area contributed by atoms with E-state index in [-0.39, 0.29) is 17.7 Å². The van der Waals surface area contributed by atoms with Gasteiger partial charge in [-0.15, -0.1) is 0 Å². The van der Waals surface area contributed by atoms with Crippen LogP contribution in [0.4, 0.5) is 5.69 Å². The maximum Gasteiger partial charge on any atom is 0.275 e. The molecular weight excluding hydrogens is 394 g/mol. The molecule has 1 atom stereocenters. The summed E-state index contributed by atoms with van der Waals surface area (Å²) in [6.45, 7) is 8.73. The minimum atomic E-state index is -0.0937. The smallest absolute Gasteiger partial charge is 0.275 e. The lowest BCUT2D eigenvalue weighted by Crippen LogP contribution is -3.15.